The normalized spacial score (nSPS) is 22.3. The van der Waals surface area contributed by atoms with Crippen molar-refractivity contribution in [2.75, 3.05) is 6.54 Å². The molecule has 1 unspecified atom stereocenters. The van der Waals surface area contributed by atoms with Gasteiger partial charge in [0, 0.05) is 17.1 Å². The van der Waals surface area contributed by atoms with Gasteiger partial charge in [-0.05, 0) is 44.9 Å². The quantitative estimate of drug-likeness (QED) is 0.788. The van der Waals surface area contributed by atoms with Crippen molar-refractivity contribution in [1.29, 1.82) is 0 Å². The molecule has 1 saturated heterocycles. The van der Waals surface area contributed by atoms with Crippen molar-refractivity contribution in [1.82, 2.24) is 4.90 Å². The molecule has 0 N–H and O–H groups in total. The van der Waals surface area contributed by atoms with Gasteiger partial charge in [0.1, 0.15) is 0 Å². The molecule has 1 aliphatic rings. The van der Waals surface area contributed by atoms with Crippen LogP contribution in [0.1, 0.15) is 37.3 Å². The van der Waals surface area contributed by atoms with Crippen molar-refractivity contribution >= 4 is 15.9 Å². The molecule has 16 heavy (non-hydrogen) atoms. The van der Waals surface area contributed by atoms with Gasteiger partial charge in [-0.15, -0.1) is 0 Å². The molecule has 0 aliphatic carbocycles. The van der Waals surface area contributed by atoms with Crippen molar-refractivity contribution in [2.24, 2.45) is 0 Å². The zero-order valence-electron chi connectivity index (χ0n) is 10.2. The van der Waals surface area contributed by atoms with E-state index in [2.05, 4.69) is 52.9 Å². The van der Waals surface area contributed by atoms with Gasteiger partial charge >= 0.3 is 0 Å². The highest BCUT2D eigenvalue weighted by Crippen LogP contribution is 2.24. The molecular formula is C14H20BrN. The van der Waals surface area contributed by atoms with Crippen LogP contribution in [0, 0.1) is 6.92 Å². The van der Waals surface area contributed by atoms with Crippen LogP contribution in [0.15, 0.2) is 22.7 Å². The minimum Gasteiger partial charge on any atom is -0.296 e. The second kappa shape index (κ2) is 5.33. The average molecular weight is 282 g/mol. The van der Waals surface area contributed by atoms with Crippen molar-refractivity contribution < 1.29 is 0 Å². The van der Waals surface area contributed by atoms with E-state index in [1.807, 2.05) is 0 Å². The first kappa shape index (κ1) is 12.1. The van der Waals surface area contributed by atoms with E-state index in [9.17, 15) is 0 Å². The molecular weight excluding hydrogens is 262 g/mol. The number of nitrogens with zero attached hydrogens (tertiary/aromatic N) is 1. The first-order valence-corrected chi connectivity index (χ1v) is 6.95. The molecule has 1 aliphatic heterocycles. The van der Waals surface area contributed by atoms with Crippen molar-refractivity contribution in [3.8, 4) is 0 Å². The van der Waals surface area contributed by atoms with E-state index in [1.54, 1.807) is 0 Å². The van der Waals surface area contributed by atoms with Gasteiger partial charge in [0.05, 0.1) is 0 Å². The Morgan fingerprint density at radius 2 is 2.19 bits per heavy atom. The average Bonchev–Trinajstić information content (AvgIpc) is 2.27. The molecule has 0 aromatic heterocycles. The number of aryl methyl sites for hydroxylation is 1. The van der Waals surface area contributed by atoms with Crippen LogP contribution in [0.2, 0.25) is 0 Å². The molecule has 88 valence electrons. The van der Waals surface area contributed by atoms with Gasteiger partial charge in [0.25, 0.3) is 0 Å². The molecule has 2 heteroatoms. The highest BCUT2D eigenvalue weighted by Gasteiger charge is 2.18. The van der Waals surface area contributed by atoms with E-state index in [-0.39, 0.29) is 0 Å². The van der Waals surface area contributed by atoms with Gasteiger partial charge in [-0.1, -0.05) is 40.0 Å². The number of halogens is 1. The number of rotatable bonds is 2. The lowest BCUT2D eigenvalue weighted by Gasteiger charge is -2.33. The maximum absolute atomic E-state index is 3.65. The largest absolute Gasteiger partial charge is 0.296 e. The van der Waals surface area contributed by atoms with E-state index < -0.39 is 0 Å². The molecule has 0 amide bonds. The van der Waals surface area contributed by atoms with Gasteiger partial charge in [-0.3, -0.25) is 4.90 Å². The van der Waals surface area contributed by atoms with Crippen molar-refractivity contribution in [3.05, 3.63) is 33.8 Å². The molecule has 1 atom stereocenters. The molecule has 1 heterocycles. The Labute approximate surface area is 107 Å². The maximum atomic E-state index is 3.65. The predicted molar refractivity (Wildman–Crippen MR) is 72.6 cm³/mol. The van der Waals surface area contributed by atoms with E-state index in [1.165, 1.54) is 41.4 Å². The Balaban J connectivity index is 2.10. The number of benzene rings is 1. The van der Waals surface area contributed by atoms with Crippen LogP contribution >= 0.6 is 15.9 Å². The second-order valence-electron chi connectivity index (χ2n) is 4.91. The fourth-order valence-corrected chi connectivity index (χ4v) is 2.81. The summed E-state index contributed by atoms with van der Waals surface area (Å²) in [6.07, 6.45) is 4.10. The van der Waals surface area contributed by atoms with Crippen LogP contribution < -0.4 is 0 Å². The fraction of sp³-hybridized carbons (Fsp3) is 0.571. The van der Waals surface area contributed by atoms with Gasteiger partial charge in [0.15, 0.2) is 0 Å². The van der Waals surface area contributed by atoms with Gasteiger partial charge in [-0.2, -0.15) is 0 Å². The molecule has 0 spiro atoms. The highest BCUT2D eigenvalue weighted by atomic mass is 79.9. The minimum absolute atomic E-state index is 0.737. The summed E-state index contributed by atoms with van der Waals surface area (Å²) in [6.45, 7) is 6.85. The predicted octanol–water partition coefficient (Wildman–Crippen LogP) is 4.13. The highest BCUT2D eigenvalue weighted by molar-refractivity contribution is 9.10. The standard InChI is InChI=1S/C14H20BrN/c1-11-6-7-14(15)13(9-11)10-16-8-4-3-5-12(16)2/h6-7,9,12H,3-5,8,10H2,1-2H3. The smallest absolute Gasteiger partial charge is 0.0247 e. The molecule has 2 rings (SSSR count). The Kier molecular flexibility index (Phi) is 4.04. The summed E-state index contributed by atoms with van der Waals surface area (Å²) >= 11 is 3.65. The zero-order valence-corrected chi connectivity index (χ0v) is 11.8. The van der Waals surface area contributed by atoms with E-state index in [4.69, 9.17) is 0 Å². The lowest BCUT2D eigenvalue weighted by Crippen LogP contribution is -2.36. The van der Waals surface area contributed by atoms with Gasteiger partial charge in [0.2, 0.25) is 0 Å². The van der Waals surface area contributed by atoms with E-state index >= 15 is 0 Å². The SMILES string of the molecule is Cc1ccc(Br)c(CN2CCCCC2C)c1. The summed E-state index contributed by atoms with van der Waals surface area (Å²) in [6, 6.07) is 7.36. The summed E-state index contributed by atoms with van der Waals surface area (Å²) < 4.78 is 1.25. The molecule has 1 aromatic rings. The second-order valence-corrected chi connectivity index (χ2v) is 5.76. The molecule has 0 radical (unpaired) electrons. The monoisotopic (exact) mass is 281 g/mol. The summed E-state index contributed by atoms with van der Waals surface area (Å²) in [5.41, 5.74) is 2.77. The van der Waals surface area contributed by atoms with Crippen LogP contribution in [0.25, 0.3) is 0 Å². The third kappa shape index (κ3) is 2.86. The Hall–Kier alpha value is -0.340. The molecule has 1 fully saturated rings. The number of hydrogen-bond donors (Lipinski definition) is 0. The lowest BCUT2D eigenvalue weighted by atomic mass is 10.0. The third-order valence-electron chi connectivity index (χ3n) is 3.52. The lowest BCUT2D eigenvalue weighted by molar-refractivity contribution is 0.152. The maximum Gasteiger partial charge on any atom is 0.0247 e. The van der Waals surface area contributed by atoms with Crippen LogP contribution in [0.3, 0.4) is 0 Å². The van der Waals surface area contributed by atoms with Crippen molar-refractivity contribution in [3.63, 3.8) is 0 Å². The van der Waals surface area contributed by atoms with E-state index in [0.29, 0.717) is 0 Å². The Bertz CT molecular complexity index is 362. The minimum atomic E-state index is 0.737. The number of hydrogen-bond acceptors (Lipinski definition) is 1. The van der Waals surface area contributed by atoms with Gasteiger partial charge < -0.3 is 0 Å². The number of likely N-dealkylation sites (tertiary alicyclic amines) is 1. The van der Waals surface area contributed by atoms with Crippen molar-refractivity contribution in [2.45, 2.75) is 45.7 Å². The third-order valence-corrected chi connectivity index (χ3v) is 4.29. The molecule has 0 bridgehead atoms. The van der Waals surface area contributed by atoms with Gasteiger partial charge in [-0.25, -0.2) is 0 Å². The Morgan fingerprint density at radius 3 is 2.94 bits per heavy atom. The first-order valence-electron chi connectivity index (χ1n) is 6.16. The van der Waals surface area contributed by atoms with Crippen LogP contribution in [0.5, 0.6) is 0 Å². The summed E-state index contributed by atoms with van der Waals surface area (Å²) in [7, 11) is 0. The zero-order chi connectivity index (χ0) is 11.5. The molecule has 1 nitrogen and oxygen atoms in total. The Morgan fingerprint density at radius 1 is 1.38 bits per heavy atom. The fourth-order valence-electron chi connectivity index (χ4n) is 2.44. The topological polar surface area (TPSA) is 3.24 Å². The number of piperidine rings is 1. The first-order chi connectivity index (χ1) is 7.66. The van der Waals surface area contributed by atoms with E-state index in [0.717, 1.165) is 12.6 Å². The summed E-state index contributed by atoms with van der Waals surface area (Å²) in [4.78, 5) is 2.60. The summed E-state index contributed by atoms with van der Waals surface area (Å²) in [5.74, 6) is 0. The van der Waals surface area contributed by atoms with Crippen LogP contribution in [-0.2, 0) is 6.54 Å². The summed E-state index contributed by atoms with van der Waals surface area (Å²) in [5, 5.41) is 0. The molecule has 1 aromatic carbocycles. The molecule has 0 saturated carbocycles. The van der Waals surface area contributed by atoms with Crippen LogP contribution in [0.4, 0.5) is 0 Å². The van der Waals surface area contributed by atoms with Crippen LogP contribution in [-0.4, -0.2) is 17.5 Å².